The Morgan fingerprint density at radius 1 is 1.15 bits per heavy atom. The zero-order valence-electron chi connectivity index (χ0n) is 12.2. The molecule has 0 heterocycles. The predicted octanol–water partition coefficient (Wildman–Crippen LogP) is 3.98. The highest BCUT2D eigenvalue weighted by atomic mass is 35.5. The summed E-state index contributed by atoms with van der Waals surface area (Å²) in [5.74, 6) is 1.38. The van der Waals surface area contributed by atoms with Crippen LogP contribution in [0.25, 0.3) is 0 Å². The van der Waals surface area contributed by atoms with Crippen LogP contribution in [0.4, 0.5) is 5.69 Å². The molecule has 0 aliphatic heterocycles. The Balaban J connectivity index is 2.20. The highest BCUT2D eigenvalue weighted by Gasteiger charge is 2.24. The Labute approximate surface area is 126 Å². The van der Waals surface area contributed by atoms with Gasteiger partial charge in [-0.15, -0.1) is 0 Å². The molecule has 0 spiro atoms. The summed E-state index contributed by atoms with van der Waals surface area (Å²) < 4.78 is 23.2. The molecule has 1 saturated carbocycles. The second-order valence-electron chi connectivity index (χ2n) is 6.17. The quantitative estimate of drug-likeness (QED) is 0.917. The van der Waals surface area contributed by atoms with Crippen molar-refractivity contribution < 1.29 is 8.42 Å². The normalized spacial score (nSPS) is 27.3. The van der Waals surface area contributed by atoms with E-state index in [9.17, 15) is 8.42 Å². The van der Waals surface area contributed by atoms with E-state index in [-0.39, 0.29) is 0 Å². The molecular weight excluding hydrogens is 294 g/mol. The highest BCUT2D eigenvalue weighted by molar-refractivity contribution is 7.90. The number of halogens is 1. The maximum atomic E-state index is 11.6. The lowest BCUT2D eigenvalue weighted by Gasteiger charge is -2.32. The van der Waals surface area contributed by atoms with Crippen LogP contribution >= 0.6 is 11.6 Å². The molecule has 0 radical (unpaired) electrons. The lowest BCUT2D eigenvalue weighted by Crippen LogP contribution is -2.30. The smallest absolute Gasteiger partial charge is 0.175 e. The number of hydrogen-bond donors (Lipinski definition) is 1. The summed E-state index contributed by atoms with van der Waals surface area (Å²) in [5, 5.41) is 4.00. The Morgan fingerprint density at radius 3 is 2.30 bits per heavy atom. The third-order valence-corrected chi connectivity index (χ3v) is 5.34. The molecule has 20 heavy (non-hydrogen) atoms. The number of sulfone groups is 1. The maximum absolute atomic E-state index is 11.6. The minimum Gasteiger partial charge on any atom is -0.381 e. The van der Waals surface area contributed by atoms with E-state index in [1.807, 2.05) is 0 Å². The fraction of sp³-hybridized carbons (Fsp3) is 0.600. The monoisotopic (exact) mass is 315 g/mol. The topological polar surface area (TPSA) is 46.2 Å². The van der Waals surface area contributed by atoms with E-state index in [2.05, 4.69) is 19.2 Å². The van der Waals surface area contributed by atoms with Crippen molar-refractivity contribution in [2.75, 3.05) is 11.6 Å². The minimum absolute atomic E-state index is 0.307. The first kappa shape index (κ1) is 15.6. The second-order valence-corrected chi connectivity index (χ2v) is 8.60. The van der Waals surface area contributed by atoms with Gasteiger partial charge in [0.2, 0.25) is 0 Å². The van der Waals surface area contributed by atoms with Crippen LogP contribution < -0.4 is 5.32 Å². The maximum Gasteiger partial charge on any atom is 0.175 e. The minimum atomic E-state index is -3.20. The van der Waals surface area contributed by atoms with Gasteiger partial charge in [0.15, 0.2) is 9.84 Å². The molecule has 1 N–H and O–H groups in total. The van der Waals surface area contributed by atoms with Crippen molar-refractivity contribution in [3.63, 3.8) is 0 Å². The summed E-state index contributed by atoms with van der Waals surface area (Å²) in [6, 6.07) is 5.20. The predicted molar refractivity (Wildman–Crippen MR) is 84.2 cm³/mol. The van der Waals surface area contributed by atoms with Crippen molar-refractivity contribution in [2.45, 2.75) is 44.0 Å². The van der Waals surface area contributed by atoms with Gasteiger partial charge in [-0.1, -0.05) is 25.4 Å². The molecule has 0 amide bonds. The Morgan fingerprint density at radius 2 is 1.75 bits per heavy atom. The summed E-state index contributed by atoms with van der Waals surface area (Å²) >= 11 is 6.18. The van der Waals surface area contributed by atoms with Crippen molar-refractivity contribution in [3.05, 3.63) is 23.2 Å². The van der Waals surface area contributed by atoms with Gasteiger partial charge >= 0.3 is 0 Å². The summed E-state index contributed by atoms with van der Waals surface area (Å²) in [6.45, 7) is 4.53. The van der Waals surface area contributed by atoms with Crippen LogP contribution in [0.5, 0.6) is 0 Å². The van der Waals surface area contributed by atoms with Gasteiger partial charge in [-0.2, -0.15) is 0 Å². The molecule has 1 fully saturated rings. The van der Waals surface area contributed by atoms with Crippen LogP contribution in [0.1, 0.15) is 33.1 Å². The van der Waals surface area contributed by atoms with E-state index >= 15 is 0 Å². The third kappa shape index (κ3) is 3.89. The van der Waals surface area contributed by atoms with Crippen molar-refractivity contribution in [2.24, 2.45) is 11.8 Å². The van der Waals surface area contributed by atoms with Crippen molar-refractivity contribution >= 4 is 27.1 Å². The molecule has 112 valence electrons. The van der Waals surface area contributed by atoms with E-state index in [0.717, 1.165) is 18.5 Å². The van der Waals surface area contributed by atoms with E-state index < -0.39 is 9.84 Å². The number of benzene rings is 1. The number of hydrogen-bond acceptors (Lipinski definition) is 3. The van der Waals surface area contributed by atoms with Gasteiger partial charge in [0.25, 0.3) is 0 Å². The molecular formula is C15H22ClNO2S. The van der Waals surface area contributed by atoms with Crippen molar-refractivity contribution in [3.8, 4) is 0 Å². The van der Waals surface area contributed by atoms with Gasteiger partial charge in [-0.05, 0) is 49.3 Å². The van der Waals surface area contributed by atoms with E-state index in [1.54, 1.807) is 18.2 Å². The molecule has 5 heteroatoms. The largest absolute Gasteiger partial charge is 0.381 e. The Hall–Kier alpha value is -0.740. The van der Waals surface area contributed by atoms with Gasteiger partial charge < -0.3 is 5.32 Å². The molecule has 1 aliphatic carbocycles. The summed E-state index contributed by atoms with van der Waals surface area (Å²) in [7, 11) is -3.20. The van der Waals surface area contributed by atoms with Crippen molar-refractivity contribution in [1.29, 1.82) is 0 Å². The first-order valence-electron chi connectivity index (χ1n) is 7.02. The Kier molecular flexibility index (Phi) is 4.65. The SMILES string of the molecule is CC1CC(C)CC(Nc2cc(S(C)(=O)=O)ccc2Cl)C1. The average molecular weight is 316 g/mol. The first-order valence-corrected chi connectivity index (χ1v) is 9.28. The zero-order chi connectivity index (χ0) is 14.9. The molecule has 1 aliphatic rings. The molecule has 2 rings (SSSR count). The molecule has 0 bridgehead atoms. The van der Waals surface area contributed by atoms with Gasteiger partial charge in [-0.3, -0.25) is 0 Å². The number of rotatable bonds is 3. The average Bonchev–Trinajstić information content (AvgIpc) is 2.29. The van der Waals surface area contributed by atoms with Crippen molar-refractivity contribution in [1.82, 2.24) is 0 Å². The zero-order valence-corrected chi connectivity index (χ0v) is 13.8. The van der Waals surface area contributed by atoms with E-state index in [1.165, 1.54) is 12.7 Å². The molecule has 0 aromatic heterocycles. The lowest BCUT2D eigenvalue weighted by molar-refractivity contribution is 0.281. The van der Waals surface area contributed by atoms with Gasteiger partial charge in [0.05, 0.1) is 15.6 Å². The van der Waals surface area contributed by atoms with E-state index in [4.69, 9.17) is 11.6 Å². The van der Waals surface area contributed by atoms with Gasteiger partial charge in [0, 0.05) is 12.3 Å². The van der Waals surface area contributed by atoms with Crippen LogP contribution in [-0.4, -0.2) is 20.7 Å². The van der Waals surface area contributed by atoms with Crippen LogP contribution in [0, 0.1) is 11.8 Å². The molecule has 2 atom stereocenters. The molecule has 0 saturated heterocycles. The highest BCUT2D eigenvalue weighted by Crippen LogP contribution is 2.33. The third-order valence-electron chi connectivity index (χ3n) is 3.90. The van der Waals surface area contributed by atoms with Crippen LogP contribution in [0.3, 0.4) is 0 Å². The van der Waals surface area contributed by atoms with Gasteiger partial charge in [-0.25, -0.2) is 8.42 Å². The standard InChI is InChI=1S/C15H22ClNO2S/c1-10-6-11(2)8-12(7-10)17-15-9-13(20(3,18)19)4-5-14(15)16/h4-5,9-12,17H,6-8H2,1-3H3. The van der Waals surface area contributed by atoms with E-state index in [0.29, 0.717) is 27.8 Å². The number of nitrogens with one attached hydrogen (secondary N) is 1. The molecule has 2 unspecified atom stereocenters. The lowest BCUT2D eigenvalue weighted by atomic mass is 9.80. The summed E-state index contributed by atoms with van der Waals surface area (Å²) in [6.07, 6.45) is 4.67. The molecule has 1 aromatic carbocycles. The summed E-state index contributed by atoms with van der Waals surface area (Å²) in [5.41, 5.74) is 0.723. The first-order chi connectivity index (χ1) is 9.25. The number of anilines is 1. The van der Waals surface area contributed by atoms with Crippen LogP contribution in [0.15, 0.2) is 23.1 Å². The Bertz CT molecular complexity index is 576. The molecule has 1 aromatic rings. The van der Waals surface area contributed by atoms with Crippen LogP contribution in [0.2, 0.25) is 5.02 Å². The van der Waals surface area contributed by atoms with Crippen LogP contribution in [-0.2, 0) is 9.84 Å². The molecule has 3 nitrogen and oxygen atoms in total. The fourth-order valence-corrected chi connectivity index (χ4v) is 3.95. The summed E-state index contributed by atoms with van der Waals surface area (Å²) in [4.78, 5) is 0.307. The second kappa shape index (κ2) is 5.94. The van der Waals surface area contributed by atoms with Gasteiger partial charge in [0.1, 0.15) is 0 Å². The fourth-order valence-electron chi connectivity index (χ4n) is 3.13.